The lowest BCUT2D eigenvalue weighted by molar-refractivity contribution is -0.162. The number of nitrogens with zero attached hydrogens (tertiary/aromatic N) is 1. The van der Waals surface area contributed by atoms with Crippen LogP contribution in [-0.4, -0.2) is 49.2 Å². The maximum atomic E-state index is 13.7. The monoisotopic (exact) mass is 470 g/mol. The normalized spacial score (nSPS) is 28.1. The molecule has 2 saturated heterocycles. The number of esters is 1. The average Bonchev–Trinajstić information content (AvgIpc) is 2.98. The number of rotatable bonds is 6. The van der Waals surface area contributed by atoms with E-state index in [1.54, 1.807) is 13.8 Å². The van der Waals surface area contributed by atoms with Gasteiger partial charge in [-0.05, 0) is 31.9 Å². The third kappa shape index (κ3) is 3.71. The number of β-lactam (4-membered cyclic amide) rings is 1. The van der Waals surface area contributed by atoms with Crippen molar-refractivity contribution >= 4 is 27.1 Å². The van der Waals surface area contributed by atoms with Crippen molar-refractivity contribution in [3.8, 4) is 0 Å². The maximum Gasteiger partial charge on any atom is 0.330 e. The topological polar surface area (TPSA) is 95.9 Å². The number of carbonyl (C=O) groups excluding carboxylic acids is 3. The van der Waals surface area contributed by atoms with Crippen molar-refractivity contribution in [3.63, 3.8) is 0 Å². The van der Waals surface area contributed by atoms with Gasteiger partial charge in [-0.3, -0.25) is 9.59 Å². The van der Waals surface area contributed by atoms with Gasteiger partial charge in [-0.2, -0.15) is 0 Å². The van der Waals surface area contributed by atoms with Crippen LogP contribution >= 0.6 is 10.0 Å². The quantitative estimate of drug-likeness (QED) is 0.496. The number of aliphatic hydroxyl groups is 1. The number of aliphatic hydroxyl groups excluding tert-OH is 1. The molecule has 0 aromatic heterocycles. The molecule has 0 aliphatic carbocycles. The standard InChI is InChI=1S/C25H30N2O5S/c1-17(19-12-8-5-9-13-19)26-24(31)33(16-28)21-14-20(29)27(21)22(25(33,2)3)23(30)32-15-18-10-6-4-7-11-18/h4-13,17,21-22,28H,14-16H2,1-3H3,(H,26,31)/t17-,21+,22-/m0/s1. The highest BCUT2D eigenvalue weighted by Crippen LogP contribution is 2.73. The summed E-state index contributed by atoms with van der Waals surface area (Å²) in [6.45, 7) is 5.56. The number of amides is 2. The van der Waals surface area contributed by atoms with Gasteiger partial charge >= 0.3 is 5.97 Å². The van der Waals surface area contributed by atoms with E-state index in [0.29, 0.717) is 0 Å². The van der Waals surface area contributed by atoms with E-state index in [4.69, 9.17) is 4.74 Å². The second kappa shape index (κ2) is 8.83. The summed E-state index contributed by atoms with van der Waals surface area (Å²) in [4.78, 5) is 41.0. The van der Waals surface area contributed by atoms with Crippen LogP contribution in [0.25, 0.3) is 0 Å². The van der Waals surface area contributed by atoms with E-state index in [9.17, 15) is 19.5 Å². The summed E-state index contributed by atoms with van der Waals surface area (Å²) >= 11 is 0. The summed E-state index contributed by atoms with van der Waals surface area (Å²) in [6.07, 6.45) is 0.148. The number of fused-ring (bicyclic) bond motifs is 1. The van der Waals surface area contributed by atoms with Crippen LogP contribution in [0.15, 0.2) is 60.7 Å². The van der Waals surface area contributed by atoms with Crippen LogP contribution in [0.5, 0.6) is 0 Å². The Labute approximate surface area is 195 Å². The molecule has 8 heteroatoms. The number of nitrogens with one attached hydrogen (secondary N) is 1. The Balaban J connectivity index is 1.60. The van der Waals surface area contributed by atoms with E-state index in [-0.39, 0.29) is 30.2 Å². The Bertz CT molecular complexity index is 1050. The fraction of sp³-hybridized carbons (Fsp3) is 0.400. The molecule has 4 atom stereocenters. The maximum absolute atomic E-state index is 13.7. The Morgan fingerprint density at radius 3 is 2.33 bits per heavy atom. The number of hydrogen-bond donors (Lipinski definition) is 2. The molecule has 2 heterocycles. The summed E-state index contributed by atoms with van der Waals surface area (Å²) in [7, 11) is -2.50. The molecule has 2 aromatic carbocycles. The van der Waals surface area contributed by atoms with Crippen molar-refractivity contribution in [2.45, 2.75) is 56.0 Å². The van der Waals surface area contributed by atoms with Gasteiger partial charge in [0.2, 0.25) is 5.91 Å². The first kappa shape index (κ1) is 23.3. The average molecular weight is 471 g/mol. The summed E-state index contributed by atoms with van der Waals surface area (Å²) in [5.41, 5.74) is 1.78. The molecule has 1 unspecified atom stereocenters. The lowest BCUT2D eigenvalue weighted by Gasteiger charge is -2.49. The van der Waals surface area contributed by atoms with Gasteiger partial charge in [0.15, 0.2) is 0 Å². The lowest BCUT2D eigenvalue weighted by Crippen LogP contribution is -2.57. The van der Waals surface area contributed by atoms with Crippen LogP contribution in [0.2, 0.25) is 0 Å². The van der Waals surface area contributed by atoms with Crippen molar-refractivity contribution in [1.29, 1.82) is 0 Å². The van der Waals surface area contributed by atoms with E-state index in [1.807, 2.05) is 67.6 Å². The van der Waals surface area contributed by atoms with E-state index in [2.05, 4.69) is 5.32 Å². The lowest BCUT2D eigenvalue weighted by atomic mass is 9.98. The molecular weight excluding hydrogens is 440 g/mol. The second-order valence-electron chi connectivity index (χ2n) is 9.05. The predicted octanol–water partition coefficient (Wildman–Crippen LogP) is 3.67. The van der Waals surface area contributed by atoms with Gasteiger partial charge in [0.05, 0.1) is 23.8 Å². The highest BCUT2D eigenvalue weighted by Gasteiger charge is 2.71. The molecule has 2 aromatic rings. The minimum Gasteiger partial charge on any atom is -0.459 e. The van der Waals surface area contributed by atoms with Crippen molar-refractivity contribution in [3.05, 3.63) is 71.8 Å². The molecule has 2 aliphatic rings. The van der Waals surface area contributed by atoms with Gasteiger partial charge in [-0.25, -0.2) is 4.79 Å². The van der Waals surface area contributed by atoms with Crippen molar-refractivity contribution < 1.29 is 24.2 Å². The Morgan fingerprint density at radius 2 is 1.76 bits per heavy atom. The van der Waals surface area contributed by atoms with Crippen LogP contribution in [0.3, 0.4) is 0 Å². The molecule has 0 radical (unpaired) electrons. The van der Waals surface area contributed by atoms with E-state index in [1.165, 1.54) is 4.90 Å². The van der Waals surface area contributed by atoms with Crippen molar-refractivity contribution in [2.75, 3.05) is 5.94 Å². The zero-order chi connectivity index (χ0) is 23.8. The fourth-order valence-corrected chi connectivity index (χ4v) is 9.02. The number of hydrogen-bond acceptors (Lipinski definition) is 5. The third-order valence-electron chi connectivity index (χ3n) is 6.90. The van der Waals surface area contributed by atoms with Crippen molar-refractivity contribution in [2.24, 2.45) is 0 Å². The first-order chi connectivity index (χ1) is 15.7. The summed E-state index contributed by atoms with van der Waals surface area (Å²) in [5, 5.41) is 12.9. The molecule has 2 aliphatic heterocycles. The van der Waals surface area contributed by atoms with E-state index in [0.717, 1.165) is 11.1 Å². The summed E-state index contributed by atoms with van der Waals surface area (Å²) in [6, 6.07) is 17.7. The van der Waals surface area contributed by atoms with Gasteiger partial charge in [0, 0.05) is 4.75 Å². The van der Waals surface area contributed by atoms with Crippen LogP contribution in [0, 0.1) is 0 Å². The number of ether oxygens (including phenoxy) is 1. The highest BCUT2D eigenvalue weighted by molar-refractivity contribution is 8.46. The van der Waals surface area contributed by atoms with Crippen LogP contribution in [-0.2, 0) is 20.9 Å². The van der Waals surface area contributed by atoms with Crippen LogP contribution < -0.4 is 5.32 Å². The van der Waals surface area contributed by atoms with Gasteiger partial charge < -0.3 is 20.1 Å². The molecule has 7 nitrogen and oxygen atoms in total. The SMILES string of the molecule is C[C@H](NC(=O)S1(CO)[C@@H]2CC(=O)N2[C@@H](C(=O)OCc2ccccc2)C1(C)C)c1ccccc1. The van der Waals surface area contributed by atoms with E-state index < -0.39 is 38.1 Å². The van der Waals surface area contributed by atoms with Crippen molar-refractivity contribution in [1.82, 2.24) is 10.2 Å². The first-order valence-corrected chi connectivity index (χ1v) is 12.9. The molecule has 33 heavy (non-hydrogen) atoms. The molecule has 2 fully saturated rings. The Hall–Kier alpha value is -2.84. The largest absolute Gasteiger partial charge is 0.459 e. The highest BCUT2D eigenvalue weighted by atomic mass is 32.3. The minimum absolute atomic E-state index is 0.0810. The third-order valence-corrected chi connectivity index (χ3v) is 11.5. The molecule has 0 saturated carbocycles. The Kier molecular flexibility index (Phi) is 6.24. The summed E-state index contributed by atoms with van der Waals surface area (Å²) in [5.74, 6) is -1.14. The molecule has 0 spiro atoms. The molecule has 2 N–H and O–H groups in total. The predicted molar refractivity (Wildman–Crippen MR) is 127 cm³/mol. The van der Waals surface area contributed by atoms with Gasteiger partial charge in [0.1, 0.15) is 12.6 Å². The molecule has 0 bridgehead atoms. The fourth-order valence-electron chi connectivity index (χ4n) is 4.92. The second-order valence-corrected chi connectivity index (χ2v) is 12.9. The summed E-state index contributed by atoms with van der Waals surface area (Å²) < 4.78 is 4.62. The molecular formula is C25H30N2O5S. The zero-order valence-corrected chi connectivity index (χ0v) is 19.9. The van der Waals surface area contributed by atoms with E-state index >= 15 is 0 Å². The van der Waals surface area contributed by atoms with Crippen LogP contribution in [0.1, 0.15) is 44.4 Å². The van der Waals surface area contributed by atoms with Gasteiger partial charge in [0.25, 0.3) is 5.24 Å². The van der Waals surface area contributed by atoms with Gasteiger partial charge in [-0.1, -0.05) is 60.7 Å². The van der Waals surface area contributed by atoms with Crippen LogP contribution in [0.4, 0.5) is 4.79 Å². The van der Waals surface area contributed by atoms with Gasteiger partial charge in [-0.15, -0.1) is 10.0 Å². The number of benzene rings is 2. The molecule has 4 rings (SSSR count). The zero-order valence-electron chi connectivity index (χ0n) is 19.1. The Morgan fingerprint density at radius 1 is 1.15 bits per heavy atom. The first-order valence-electron chi connectivity index (χ1n) is 11.0. The smallest absolute Gasteiger partial charge is 0.330 e. The molecule has 176 valence electrons. The number of carbonyl (C=O) groups is 3. The molecule has 2 amide bonds. The minimum atomic E-state index is -2.50.